The zero-order valence-electron chi connectivity index (χ0n) is 23.2. The van der Waals surface area contributed by atoms with Crippen LogP contribution in [0.1, 0.15) is 41.9 Å². The van der Waals surface area contributed by atoms with Crippen molar-refractivity contribution in [2.75, 3.05) is 38.1 Å². The molecular formula is C30H32FN7O4. The minimum atomic E-state index is -1.45. The van der Waals surface area contributed by atoms with Crippen LogP contribution in [0.5, 0.6) is 5.75 Å². The number of aliphatic hydroxyl groups excluding tert-OH is 1. The molecule has 42 heavy (non-hydrogen) atoms. The molecule has 2 N–H and O–H groups in total. The Bertz CT molecular complexity index is 1490. The average Bonchev–Trinajstić information content (AvgIpc) is 3.02. The number of hydrogen-bond acceptors (Lipinski definition) is 9. The Morgan fingerprint density at radius 1 is 1.19 bits per heavy atom. The first kappa shape index (κ1) is 28.9. The van der Waals surface area contributed by atoms with E-state index in [1.54, 1.807) is 18.2 Å². The molecule has 2 aromatic carbocycles. The lowest BCUT2D eigenvalue weighted by Crippen LogP contribution is -2.50. The van der Waals surface area contributed by atoms with E-state index < -0.39 is 24.8 Å². The van der Waals surface area contributed by atoms with Gasteiger partial charge in [-0.25, -0.2) is 14.4 Å². The summed E-state index contributed by atoms with van der Waals surface area (Å²) < 4.78 is 20.6. The van der Waals surface area contributed by atoms with Crippen molar-refractivity contribution < 1.29 is 23.8 Å². The largest absolute Gasteiger partial charge is 0.486 e. The fourth-order valence-electron chi connectivity index (χ4n) is 5.52. The number of nitrogens with one attached hydrogen (secondary N) is 1. The number of ether oxygens (including phenoxy) is 1. The number of benzene rings is 2. The summed E-state index contributed by atoms with van der Waals surface area (Å²) in [6.07, 6.45) is 2.15. The summed E-state index contributed by atoms with van der Waals surface area (Å²) in [5.41, 5.74) is 4.02. The molecule has 2 atom stereocenters. The molecule has 12 heteroatoms. The first-order valence-corrected chi connectivity index (χ1v) is 13.9. The third-order valence-electron chi connectivity index (χ3n) is 7.82. The molecule has 2 aliphatic rings. The van der Waals surface area contributed by atoms with Gasteiger partial charge < -0.3 is 25.0 Å². The van der Waals surface area contributed by atoms with E-state index in [4.69, 9.17) is 9.84 Å². The number of alkyl halides is 1. The summed E-state index contributed by atoms with van der Waals surface area (Å²) in [5, 5.41) is 22.0. The van der Waals surface area contributed by atoms with Crippen LogP contribution in [0.2, 0.25) is 0 Å². The SMILES string of the molecule is Cc1cc(Nc2ncnc(-c3ccc(O[C@H]4CCN(C(=O)CO)C[C@H]4F)c(C#N)c3)n2)ccc1C1CCN(C=O)CC1. The Balaban J connectivity index is 1.26. The highest BCUT2D eigenvalue weighted by atomic mass is 19.1. The van der Waals surface area contributed by atoms with E-state index in [1.165, 1.54) is 16.8 Å². The number of hydrogen-bond donors (Lipinski definition) is 2. The van der Waals surface area contributed by atoms with E-state index in [9.17, 15) is 19.2 Å². The number of piperidine rings is 2. The van der Waals surface area contributed by atoms with Crippen molar-refractivity contribution in [3.63, 3.8) is 0 Å². The van der Waals surface area contributed by atoms with Crippen molar-refractivity contribution in [2.24, 2.45) is 0 Å². The standard InChI is InChI=1S/C30H32FN7O4/c1-19-12-23(3-4-24(19)20-6-9-37(18-40)10-7-20)35-30-34-17-33-29(36-30)21-2-5-26(22(13-21)14-32)42-27-8-11-38(15-25(27)31)28(41)16-39/h2-5,12-13,17-18,20,25,27,39H,6-11,15-16H2,1H3,(H,33,34,35,36)/t25-,27+/m1/s1. The van der Waals surface area contributed by atoms with Gasteiger partial charge in [-0.2, -0.15) is 10.2 Å². The van der Waals surface area contributed by atoms with Crippen molar-refractivity contribution >= 4 is 24.0 Å². The maximum atomic E-state index is 14.7. The van der Waals surface area contributed by atoms with Crippen molar-refractivity contribution in [3.05, 3.63) is 59.4 Å². The van der Waals surface area contributed by atoms with Gasteiger partial charge in [-0.1, -0.05) is 6.07 Å². The van der Waals surface area contributed by atoms with Gasteiger partial charge in [0.25, 0.3) is 0 Å². The van der Waals surface area contributed by atoms with Gasteiger partial charge in [-0.05, 0) is 67.1 Å². The van der Waals surface area contributed by atoms with Gasteiger partial charge in [0.05, 0.1) is 12.1 Å². The fourth-order valence-corrected chi connectivity index (χ4v) is 5.52. The summed E-state index contributed by atoms with van der Waals surface area (Å²) in [6, 6.07) is 13.1. The highest BCUT2D eigenvalue weighted by Crippen LogP contribution is 2.32. The number of likely N-dealkylation sites (tertiary alicyclic amines) is 2. The van der Waals surface area contributed by atoms with E-state index in [0.717, 1.165) is 43.6 Å². The fraction of sp³-hybridized carbons (Fsp3) is 0.400. The Morgan fingerprint density at radius 2 is 2.00 bits per heavy atom. The normalized spacial score (nSPS) is 19.2. The number of anilines is 2. The topological polar surface area (TPSA) is 145 Å². The zero-order chi connectivity index (χ0) is 29.6. The van der Waals surface area contributed by atoms with Crippen molar-refractivity contribution in [3.8, 4) is 23.2 Å². The monoisotopic (exact) mass is 573 g/mol. The molecule has 3 aromatic rings. The van der Waals surface area contributed by atoms with E-state index in [1.807, 2.05) is 17.0 Å². The second kappa shape index (κ2) is 12.9. The van der Waals surface area contributed by atoms with Gasteiger partial charge in [0.1, 0.15) is 30.9 Å². The van der Waals surface area contributed by atoms with Crippen molar-refractivity contribution in [1.29, 1.82) is 5.26 Å². The Kier molecular flexibility index (Phi) is 8.88. The van der Waals surface area contributed by atoms with Crippen LogP contribution in [-0.2, 0) is 9.59 Å². The number of carbonyl (C=O) groups is 2. The van der Waals surface area contributed by atoms with Crippen LogP contribution in [0.15, 0.2) is 42.7 Å². The summed E-state index contributed by atoms with van der Waals surface area (Å²) in [6.45, 7) is 3.03. The second-order valence-electron chi connectivity index (χ2n) is 10.5. The number of rotatable bonds is 8. The van der Waals surface area contributed by atoms with E-state index in [2.05, 4.69) is 39.3 Å². The van der Waals surface area contributed by atoms with E-state index in [0.29, 0.717) is 23.3 Å². The predicted molar refractivity (Wildman–Crippen MR) is 152 cm³/mol. The molecule has 218 valence electrons. The van der Waals surface area contributed by atoms with Gasteiger partial charge in [0.15, 0.2) is 12.0 Å². The van der Waals surface area contributed by atoms with Crippen LogP contribution in [-0.4, -0.2) is 87.2 Å². The van der Waals surface area contributed by atoms with Crippen LogP contribution in [0.4, 0.5) is 16.0 Å². The quantitative estimate of drug-likeness (QED) is 0.388. The molecule has 2 aliphatic heterocycles. The lowest BCUT2D eigenvalue weighted by atomic mass is 9.87. The molecule has 11 nitrogen and oxygen atoms in total. The molecular weight excluding hydrogens is 541 g/mol. The van der Waals surface area contributed by atoms with E-state index >= 15 is 0 Å². The number of halogens is 1. The van der Waals surface area contributed by atoms with Crippen molar-refractivity contribution in [2.45, 2.75) is 44.4 Å². The lowest BCUT2D eigenvalue weighted by molar-refractivity contribution is -0.138. The number of nitrogens with zero attached hydrogens (tertiary/aromatic N) is 6. The maximum absolute atomic E-state index is 14.7. The first-order chi connectivity index (χ1) is 20.4. The molecule has 0 unspecified atom stereocenters. The number of carbonyl (C=O) groups excluding carboxylic acids is 2. The summed E-state index contributed by atoms with van der Waals surface area (Å²) in [4.78, 5) is 38.8. The smallest absolute Gasteiger partial charge is 0.248 e. The van der Waals surface area contributed by atoms with Gasteiger partial charge >= 0.3 is 0 Å². The van der Waals surface area contributed by atoms with Crippen LogP contribution < -0.4 is 10.1 Å². The number of aliphatic hydroxyl groups is 1. The number of aromatic nitrogens is 3. The molecule has 3 heterocycles. The number of aryl methyl sites for hydroxylation is 1. The van der Waals surface area contributed by atoms with Crippen molar-refractivity contribution in [1.82, 2.24) is 24.8 Å². The Morgan fingerprint density at radius 3 is 2.69 bits per heavy atom. The van der Waals surface area contributed by atoms with Crippen LogP contribution >= 0.6 is 0 Å². The zero-order valence-corrected chi connectivity index (χ0v) is 23.2. The highest BCUT2D eigenvalue weighted by molar-refractivity contribution is 5.77. The summed E-state index contributed by atoms with van der Waals surface area (Å²) in [7, 11) is 0. The van der Waals surface area contributed by atoms with Crippen LogP contribution in [0.25, 0.3) is 11.4 Å². The number of nitriles is 1. The third kappa shape index (κ3) is 6.47. The average molecular weight is 574 g/mol. The molecule has 0 radical (unpaired) electrons. The molecule has 0 saturated carbocycles. The first-order valence-electron chi connectivity index (χ1n) is 13.9. The molecule has 0 spiro atoms. The molecule has 1 aromatic heterocycles. The predicted octanol–water partition coefficient (Wildman–Crippen LogP) is 3.11. The van der Waals surface area contributed by atoms with Gasteiger partial charge in [0, 0.05) is 37.3 Å². The molecule has 0 bridgehead atoms. The molecule has 0 aliphatic carbocycles. The summed E-state index contributed by atoms with van der Waals surface area (Å²) in [5.74, 6) is 0.818. The molecule has 2 fully saturated rings. The number of amides is 2. The lowest BCUT2D eigenvalue weighted by Gasteiger charge is -2.34. The third-order valence-corrected chi connectivity index (χ3v) is 7.82. The molecule has 5 rings (SSSR count). The minimum Gasteiger partial charge on any atom is -0.486 e. The maximum Gasteiger partial charge on any atom is 0.248 e. The van der Waals surface area contributed by atoms with Gasteiger partial charge in [0.2, 0.25) is 18.3 Å². The Labute approximate surface area is 243 Å². The molecule has 2 amide bonds. The van der Waals surface area contributed by atoms with Crippen LogP contribution in [0.3, 0.4) is 0 Å². The second-order valence-corrected chi connectivity index (χ2v) is 10.5. The van der Waals surface area contributed by atoms with Gasteiger partial charge in [-0.3, -0.25) is 9.59 Å². The van der Waals surface area contributed by atoms with Crippen LogP contribution in [0, 0.1) is 18.3 Å². The Hall–Kier alpha value is -4.63. The van der Waals surface area contributed by atoms with E-state index in [-0.39, 0.29) is 30.8 Å². The van der Waals surface area contributed by atoms with Gasteiger partial charge in [-0.15, -0.1) is 0 Å². The summed E-state index contributed by atoms with van der Waals surface area (Å²) >= 11 is 0. The molecule has 2 saturated heterocycles. The minimum absolute atomic E-state index is 0.173. The highest BCUT2D eigenvalue weighted by Gasteiger charge is 2.33.